The zero-order valence-electron chi connectivity index (χ0n) is 10.2. The highest BCUT2D eigenvalue weighted by atomic mass is 19.1. The monoisotopic (exact) mass is 246 g/mol. The van der Waals surface area contributed by atoms with Crippen LogP contribution in [0.4, 0.5) is 4.39 Å². The second-order valence-corrected chi connectivity index (χ2v) is 4.26. The van der Waals surface area contributed by atoms with Gasteiger partial charge in [-0.15, -0.1) is 0 Å². The van der Waals surface area contributed by atoms with Crippen LogP contribution in [0.1, 0.15) is 20.3 Å². The number of halogens is 1. The average molecular weight is 246 g/mol. The Morgan fingerprint density at radius 2 is 2.35 bits per heavy atom. The second-order valence-electron chi connectivity index (χ2n) is 4.26. The fourth-order valence-electron chi connectivity index (χ4n) is 1.75. The number of amides is 1. The summed E-state index contributed by atoms with van der Waals surface area (Å²) in [6.45, 7) is 4.10. The number of nitrogens with one attached hydrogen (secondary N) is 1. The van der Waals surface area contributed by atoms with E-state index in [1.165, 1.54) is 4.90 Å². The summed E-state index contributed by atoms with van der Waals surface area (Å²) in [6.07, 6.45) is -0.192. The van der Waals surface area contributed by atoms with Crippen molar-refractivity contribution in [1.82, 2.24) is 10.2 Å². The maximum Gasteiger partial charge on any atom is 0.308 e. The first-order chi connectivity index (χ1) is 8.04. The van der Waals surface area contributed by atoms with Gasteiger partial charge in [0.25, 0.3) is 0 Å². The van der Waals surface area contributed by atoms with Crippen LogP contribution in [0, 0.1) is 0 Å². The summed E-state index contributed by atoms with van der Waals surface area (Å²) >= 11 is 0. The minimum absolute atomic E-state index is 0.000199. The Hall–Kier alpha value is -1.17. The second kappa shape index (κ2) is 6.54. The van der Waals surface area contributed by atoms with Crippen molar-refractivity contribution in [3.63, 3.8) is 0 Å². The number of hydrogen-bond acceptors (Lipinski definition) is 4. The summed E-state index contributed by atoms with van der Waals surface area (Å²) in [6, 6.07) is -0.582. The van der Waals surface area contributed by atoms with E-state index in [-0.39, 0.29) is 25.0 Å². The van der Waals surface area contributed by atoms with Crippen LogP contribution in [0.2, 0.25) is 0 Å². The number of alkyl halides is 1. The lowest BCUT2D eigenvalue weighted by Gasteiger charge is -2.32. The molecule has 1 aliphatic rings. The minimum Gasteiger partial charge on any atom is -0.463 e. The number of hydrogen-bond donors (Lipinski definition) is 1. The molecule has 1 saturated heterocycles. The fourth-order valence-corrected chi connectivity index (χ4v) is 1.75. The van der Waals surface area contributed by atoms with Gasteiger partial charge in [-0.3, -0.25) is 9.59 Å². The van der Waals surface area contributed by atoms with E-state index in [9.17, 15) is 14.0 Å². The molecule has 0 bridgehead atoms. The first-order valence-electron chi connectivity index (χ1n) is 5.82. The molecule has 17 heavy (non-hydrogen) atoms. The quantitative estimate of drug-likeness (QED) is 0.699. The first kappa shape index (κ1) is 13.9. The number of piperazine rings is 1. The molecule has 6 heteroatoms. The third-order valence-corrected chi connectivity index (χ3v) is 2.47. The summed E-state index contributed by atoms with van der Waals surface area (Å²) in [7, 11) is 0. The molecule has 1 heterocycles. The van der Waals surface area contributed by atoms with E-state index in [4.69, 9.17) is 4.74 Å². The Kier molecular flexibility index (Phi) is 5.34. The van der Waals surface area contributed by atoms with Crippen molar-refractivity contribution in [2.45, 2.75) is 32.4 Å². The number of ether oxygens (including phenoxy) is 1. The van der Waals surface area contributed by atoms with Gasteiger partial charge in [0.05, 0.1) is 18.6 Å². The summed E-state index contributed by atoms with van der Waals surface area (Å²) in [4.78, 5) is 24.7. The predicted molar refractivity (Wildman–Crippen MR) is 60.2 cm³/mol. The summed E-state index contributed by atoms with van der Waals surface area (Å²) in [5.74, 6) is -0.637. The highest BCUT2D eigenvalue weighted by molar-refractivity contribution is 5.87. The van der Waals surface area contributed by atoms with Crippen molar-refractivity contribution in [3.05, 3.63) is 0 Å². The van der Waals surface area contributed by atoms with Crippen LogP contribution >= 0.6 is 0 Å². The van der Waals surface area contributed by atoms with Crippen molar-refractivity contribution in [2.24, 2.45) is 0 Å². The molecule has 1 amide bonds. The van der Waals surface area contributed by atoms with Gasteiger partial charge in [-0.25, -0.2) is 4.39 Å². The van der Waals surface area contributed by atoms with Gasteiger partial charge < -0.3 is 15.0 Å². The predicted octanol–water partition coefficient (Wildman–Crippen LogP) is 0.0980. The van der Waals surface area contributed by atoms with Gasteiger partial charge in [-0.1, -0.05) is 0 Å². The molecule has 98 valence electrons. The number of esters is 1. The minimum atomic E-state index is -0.582. The van der Waals surface area contributed by atoms with Crippen LogP contribution in [0.25, 0.3) is 0 Å². The number of carbonyl (C=O) groups excluding carboxylic acids is 2. The lowest BCUT2D eigenvalue weighted by molar-refractivity contribution is -0.151. The van der Waals surface area contributed by atoms with E-state index in [0.717, 1.165) is 0 Å². The molecule has 0 radical (unpaired) electrons. The van der Waals surface area contributed by atoms with Crippen LogP contribution in [0.5, 0.6) is 0 Å². The Bertz CT molecular complexity index is 282. The average Bonchev–Trinajstić information content (AvgIpc) is 2.23. The maximum atomic E-state index is 12.2. The van der Waals surface area contributed by atoms with Gasteiger partial charge in [0.15, 0.2) is 0 Å². The van der Waals surface area contributed by atoms with Crippen molar-refractivity contribution in [3.8, 4) is 0 Å². The highest BCUT2D eigenvalue weighted by Gasteiger charge is 2.30. The largest absolute Gasteiger partial charge is 0.463 e. The number of nitrogens with zero attached hydrogens (tertiary/aromatic N) is 1. The third kappa shape index (κ3) is 4.30. The zero-order valence-corrected chi connectivity index (χ0v) is 10.2. The van der Waals surface area contributed by atoms with Crippen LogP contribution in [0.3, 0.4) is 0 Å². The lowest BCUT2D eigenvalue weighted by atomic mass is 10.1. The van der Waals surface area contributed by atoms with Gasteiger partial charge in [0, 0.05) is 19.6 Å². The summed E-state index contributed by atoms with van der Waals surface area (Å²) in [5, 5.41) is 2.95. The Morgan fingerprint density at radius 3 is 2.94 bits per heavy atom. The molecule has 1 unspecified atom stereocenters. The van der Waals surface area contributed by atoms with E-state index >= 15 is 0 Å². The smallest absolute Gasteiger partial charge is 0.308 e. The molecule has 0 aromatic heterocycles. The lowest BCUT2D eigenvalue weighted by Crippen LogP contribution is -2.56. The van der Waals surface area contributed by atoms with Gasteiger partial charge in [-0.2, -0.15) is 0 Å². The number of carbonyl (C=O) groups is 2. The van der Waals surface area contributed by atoms with Crippen LogP contribution in [0.15, 0.2) is 0 Å². The number of rotatable bonds is 5. The topological polar surface area (TPSA) is 58.6 Å². The molecule has 0 aromatic rings. The highest BCUT2D eigenvalue weighted by Crippen LogP contribution is 2.07. The van der Waals surface area contributed by atoms with E-state index in [2.05, 4.69) is 5.32 Å². The molecule has 0 aromatic carbocycles. The summed E-state index contributed by atoms with van der Waals surface area (Å²) in [5.41, 5.74) is 0. The first-order valence-corrected chi connectivity index (χ1v) is 5.82. The van der Waals surface area contributed by atoms with E-state index in [1.807, 2.05) is 0 Å². The summed E-state index contributed by atoms with van der Waals surface area (Å²) < 4.78 is 17.2. The standard InChI is InChI=1S/C11H19FN2O3/c1-8(2)17-10(15)7-9-11(16)14(5-3-12)6-4-13-9/h8-9,13H,3-7H2,1-2H3. The fraction of sp³-hybridized carbons (Fsp3) is 0.818. The van der Waals surface area contributed by atoms with Gasteiger partial charge in [0.1, 0.15) is 6.67 Å². The molecule has 1 N–H and O–H groups in total. The SMILES string of the molecule is CC(C)OC(=O)CC1NCCN(CCF)C1=O. The molecular formula is C11H19FN2O3. The molecule has 1 rings (SSSR count). The van der Waals surface area contributed by atoms with E-state index in [1.54, 1.807) is 13.8 Å². The maximum absolute atomic E-state index is 12.2. The van der Waals surface area contributed by atoms with Gasteiger partial charge in [0.2, 0.25) is 5.91 Å². The molecule has 0 spiro atoms. The molecule has 0 saturated carbocycles. The van der Waals surface area contributed by atoms with Crippen molar-refractivity contribution >= 4 is 11.9 Å². The van der Waals surface area contributed by atoms with E-state index < -0.39 is 18.7 Å². The van der Waals surface area contributed by atoms with Crippen LogP contribution in [-0.2, 0) is 14.3 Å². The van der Waals surface area contributed by atoms with Gasteiger partial charge >= 0.3 is 5.97 Å². The van der Waals surface area contributed by atoms with Crippen LogP contribution < -0.4 is 5.32 Å². The van der Waals surface area contributed by atoms with Crippen molar-refractivity contribution in [2.75, 3.05) is 26.3 Å². The Balaban J connectivity index is 2.47. The molecule has 1 atom stereocenters. The van der Waals surface area contributed by atoms with E-state index in [0.29, 0.717) is 13.1 Å². The normalized spacial score (nSPS) is 20.8. The Labute approximate surface area is 100 Å². The molecular weight excluding hydrogens is 227 g/mol. The molecule has 0 aliphatic carbocycles. The van der Waals surface area contributed by atoms with Crippen molar-refractivity contribution in [1.29, 1.82) is 0 Å². The molecule has 1 aliphatic heterocycles. The molecule has 5 nitrogen and oxygen atoms in total. The molecule has 1 fully saturated rings. The van der Waals surface area contributed by atoms with Crippen LogP contribution in [-0.4, -0.2) is 55.2 Å². The Morgan fingerprint density at radius 1 is 1.65 bits per heavy atom. The van der Waals surface area contributed by atoms with Gasteiger partial charge in [-0.05, 0) is 13.8 Å². The zero-order chi connectivity index (χ0) is 12.8. The van der Waals surface area contributed by atoms with Crippen molar-refractivity contribution < 1.29 is 18.7 Å². The third-order valence-electron chi connectivity index (χ3n) is 2.47.